The smallest absolute Gasteiger partial charge is 0.423 e. The quantitative estimate of drug-likeness (QED) is 0.375. The van der Waals surface area contributed by atoms with Crippen LogP contribution in [0.3, 0.4) is 0 Å². The van der Waals surface area contributed by atoms with E-state index in [1.165, 1.54) is 0 Å². The summed E-state index contributed by atoms with van der Waals surface area (Å²) >= 11 is 0. The third-order valence-corrected chi connectivity index (χ3v) is 3.00. The van der Waals surface area contributed by atoms with Crippen molar-refractivity contribution in [3.8, 4) is 11.3 Å². The lowest BCUT2D eigenvalue weighted by molar-refractivity contribution is -0.136. The van der Waals surface area contributed by atoms with Crippen LogP contribution in [-0.4, -0.2) is 22.2 Å². The maximum atomic E-state index is 13.8. The summed E-state index contributed by atoms with van der Waals surface area (Å²) < 4.78 is 106. The highest BCUT2D eigenvalue weighted by molar-refractivity contribution is 6.61. The standard InChI is InChI=1S/C12H4BF8NO2/c14-6-4(7(15)9(17)10(18)8(6)16)11-5(13(23)24)3(1-2-22-11)12(19,20)21/h1-2,23-24H. The van der Waals surface area contributed by atoms with Gasteiger partial charge in [-0.05, 0) is 6.07 Å². The third kappa shape index (κ3) is 2.82. The molecule has 1 heterocycles. The van der Waals surface area contributed by atoms with Crippen LogP contribution in [0.1, 0.15) is 5.56 Å². The minimum Gasteiger partial charge on any atom is -0.423 e. The lowest BCUT2D eigenvalue weighted by Crippen LogP contribution is -2.38. The van der Waals surface area contributed by atoms with E-state index in [0.717, 1.165) is 0 Å². The molecule has 2 rings (SSSR count). The summed E-state index contributed by atoms with van der Waals surface area (Å²) in [5, 5.41) is 18.2. The number of hydrogen-bond donors (Lipinski definition) is 2. The SMILES string of the molecule is OB(O)c1c(C(F)(F)F)ccnc1-c1c(F)c(F)c(F)c(F)c1F. The monoisotopic (exact) mass is 357 g/mol. The van der Waals surface area contributed by atoms with Crippen LogP contribution in [0.15, 0.2) is 12.3 Å². The number of hydrogen-bond acceptors (Lipinski definition) is 3. The number of aromatic nitrogens is 1. The van der Waals surface area contributed by atoms with Crippen LogP contribution in [0.25, 0.3) is 11.3 Å². The maximum absolute atomic E-state index is 13.8. The average molecular weight is 357 g/mol. The van der Waals surface area contributed by atoms with Crippen molar-refractivity contribution in [1.82, 2.24) is 4.98 Å². The molecule has 0 radical (unpaired) electrons. The molecule has 0 aliphatic carbocycles. The second-order valence-electron chi connectivity index (χ2n) is 4.44. The fourth-order valence-electron chi connectivity index (χ4n) is 1.99. The van der Waals surface area contributed by atoms with Crippen molar-refractivity contribution < 1.29 is 45.2 Å². The van der Waals surface area contributed by atoms with Crippen molar-refractivity contribution in [2.45, 2.75) is 6.18 Å². The molecule has 0 atom stereocenters. The molecule has 1 aromatic heterocycles. The van der Waals surface area contributed by atoms with E-state index in [0.29, 0.717) is 6.20 Å². The van der Waals surface area contributed by atoms with Gasteiger partial charge in [0.15, 0.2) is 23.3 Å². The second-order valence-corrected chi connectivity index (χ2v) is 4.44. The fraction of sp³-hybridized carbons (Fsp3) is 0.0833. The minimum atomic E-state index is -5.21. The normalized spacial score (nSPS) is 11.8. The summed E-state index contributed by atoms with van der Waals surface area (Å²) in [6, 6.07) is 0.254. The van der Waals surface area contributed by atoms with Gasteiger partial charge in [-0.3, -0.25) is 4.98 Å². The first kappa shape index (κ1) is 18.1. The third-order valence-electron chi connectivity index (χ3n) is 3.00. The fourth-order valence-corrected chi connectivity index (χ4v) is 1.99. The first-order valence-corrected chi connectivity index (χ1v) is 5.92. The zero-order chi connectivity index (χ0) is 18.4. The predicted octanol–water partition coefficient (Wildman–Crippen LogP) is 2.14. The zero-order valence-corrected chi connectivity index (χ0v) is 11.1. The summed E-state index contributed by atoms with van der Waals surface area (Å²) in [5.74, 6) is -12.3. The van der Waals surface area contributed by atoms with E-state index in [-0.39, 0.29) is 6.07 Å². The molecular formula is C12H4BF8NO2. The number of pyridine rings is 1. The van der Waals surface area contributed by atoms with Crippen LogP contribution in [0.2, 0.25) is 0 Å². The zero-order valence-electron chi connectivity index (χ0n) is 11.1. The Bertz CT molecular complexity index is 780. The summed E-state index contributed by atoms with van der Waals surface area (Å²) in [7, 11) is -2.94. The molecule has 128 valence electrons. The molecule has 2 aromatic rings. The molecule has 0 aliphatic rings. The highest BCUT2D eigenvalue weighted by Crippen LogP contribution is 2.33. The van der Waals surface area contributed by atoms with E-state index in [1.54, 1.807) is 0 Å². The van der Waals surface area contributed by atoms with Gasteiger partial charge in [-0.15, -0.1) is 0 Å². The van der Waals surface area contributed by atoms with Crippen molar-refractivity contribution in [3.05, 3.63) is 46.9 Å². The Morgan fingerprint density at radius 3 is 1.71 bits per heavy atom. The summed E-state index contributed by atoms with van der Waals surface area (Å²) in [4.78, 5) is 3.12. The summed E-state index contributed by atoms with van der Waals surface area (Å²) in [5.41, 5.74) is -6.55. The number of nitrogens with zero attached hydrogens (tertiary/aromatic N) is 1. The van der Waals surface area contributed by atoms with Crippen LogP contribution in [0, 0.1) is 29.1 Å². The lowest BCUT2D eigenvalue weighted by Gasteiger charge is -2.17. The Morgan fingerprint density at radius 1 is 0.833 bits per heavy atom. The largest absolute Gasteiger partial charge is 0.491 e. The highest BCUT2D eigenvalue weighted by atomic mass is 19.4. The summed E-state index contributed by atoms with van der Waals surface area (Å²) in [6.45, 7) is 0. The summed E-state index contributed by atoms with van der Waals surface area (Å²) in [6.07, 6.45) is -4.83. The van der Waals surface area contributed by atoms with Crippen molar-refractivity contribution in [2.75, 3.05) is 0 Å². The van der Waals surface area contributed by atoms with Crippen LogP contribution in [0.4, 0.5) is 35.1 Å². The molecule has 0 aliphatic heterocycles. The first-order chi connectivity index (χ1) is 11.0. The van der Waals surface area contributed by atoms with Gasteiger partial charge in [-0.2, -0.15) is 13.2 Å². The van der Waals surface area contributed by atoms with Gasteiger partial charge in [0, 0.05) is 11.7 Å². The van der Waals surface area contributed by atoms with Gasteiger partial charge in [0.1, 0.15) is 0 Å². The topological polar surface area (TPSA) is 53.4 Å². The minimum absolute atomic E-state index is 0.254. The molecule has 1 aromatic carbocycles. The Labute approximate surface area is 128 Å². The number of halogens is 8. The van der Waals surface area contributed by atoms with Crippen molar-refractivity contribution in [2.24, 2.45) is 0 Å². The number of benzene rings is 1. The highest BCUT2D eigenvalue weighted by Gasteiger charge is 2.40. The van der Waals surface area contributed by atoms with Crippen molar-refractivity contribution >= 4 is 12.6 Å². The van der Waals surface area contributed by atoms with E-state index >= 15 is 0 Å². The molecule has 0 fully saturated rings. The number of rotatable bonds is 2. The van der Waals surface area contributed by atoms with Gasteiger partial charge in [-0.25, -0.2) is 22.0 Å². The molecule has 0 amide bonds. The molecule has 0 spiro atoms. The Balaban J connectivity index is 2.95. The van der Waals surface area contributed by atoms with Crippen molar-refractivity contribution in [1.29, 1.82) is 0 Å². The van der Waals surface area contributed by atoms with Gasteiger partial charge in [0.05, 0.1) is 16.8 Å². The van der Waals surface area contributed by atoms with Crippen LogP contribution in [0.5, 0.6) is 0 Å². The molecular weight excluding hydrogens is 353 g/mol. The molecule has 0 bridgehead atoms. The second kappa shape index (κ2) is 6.02. The molecule has 3 nitrogen and oxygen atoms in total. The van der Waals surface area contributed by atoms with Gasteiger partial charge >= 0.3 is 13.3 Å². The van der Waals surface area contributed by atoms with Gasteiger partial charge in [-0.1, -0.05) is 0 Å². The molecule has 0 unspecified atom stereocenters. The maximum Gasteiger partial charge on any atom is 0.491 e. The molecule has 0 saturated heterocycles. The van der Waals surface area contributed by atoms with E-state index in [1.807, 2.05) is 0 Å². The Hall–Kier alpha value is -2.21. The molecule has 12 heteroatoms. The first-order valence-electron chi connectivity index (χ1n) is 5.92. The number of alkyl halides is 3. The van der Waals surface area contributed by atoms with E-state index < -0.39 is 64.7 Å². The van der Waals surface area contributed by atoms with Crippen LogP contribution < -0.4 is 5.46 Å². The predicted molar refractivity (Wildman–Crippen MR) is 64.3 cm³/mol. The molecule has 24 heavy (non-hydrogen) atoms. The van der Waals surface area contributed by atoms with Gasteiger partial charge < -0.3 is 10.0 Å². The van der Waals surface area contributed by atoms with E-state index in [2.05, 4.69) is 4.98 Å². The average Bonchev–Trinajstić information content (AvgIpc) is 2.50. The van der Waals surface area contributed by atoms with Gasteiger partial charge in [0.2, 0.25) is 5.82 Å². The van der Waals surface area contributed by atoms with Crippen molar-refractivity contribution in [3.63, 3.8) is 0 Å². The van der Waals surface area contributed by atoms with Crippen LogP contribution in [-0.2, 0) is 6.18 Å². The van der Waals surface area contributed by atoms with Crippen LogP contribution >= 0.6 is 0 Å². The lowest BCUT2D eigenvalue weighted by atomic mass is 9.74. The van der Waals surface area contributed by atoms with E-state index in [9.17, 15) is 35.1 Å². The Kier molecular flexibility index (Phi) is 4.55. The molecule has 0 saturated carbocycles. The van der Waals surface area contributed by atoms with E-state index in [4.69, 9.17) is 10.0 Å². The molecule has 2 N–H and O–H groups in total. The Morgan fingerprint density at radius 2 is 1.29 bits per heavy atom. The van der Waals surface area contributed by atoms with Gasteiger partial charge in [0.25, 0.3) is 0 Å².